The molecule has 0 radical (unpaired) electrons. The standard InChI is InChI=1S/C24H42N2O/c1-4-6-8-10-12-14-20-26(21-15-13-11-9-7-5-2)24-18-16-23(17-19-24)25-22(3)27/h16-19H,4-15,20-21H2,1-3H3,(H,25,27). The van der Waals surface area contributed by atoms with Crippen LogP contribution in [-0.4, -0.2) is 19.0 Å². The number of nitrogens with zero attached hydrogens (tertiary/aromatic N) is 1. The molecule has 1 amide bonds. The van der Waals surface area contributed by atoms with Crippen LogP contribution in [0, 0.1) is 0 Å². The summed E-state index contributed by atoms with van der Waals surface area (Å²) in [4.78, 5) is 13.7. The molecule has 0 aliphatic heterocycles. The first-order valence-corrected chi connectivity index (χ1v) is 11.3. The first-order chi connectivity index (χ1) is 13.2. The van der Waals surface area contributed by atoms with Gasteiger partial charge in [-0.25, -0.2) is 0 Å². The molecule has 0 atom stereocenters. The average molecular weight is 375 g/mol. The van der Waals surface area contributed by atoms with E-state index in [0.717, 1.165) is 18.8 Å². The van der Waals surface area contributed by atoms with E-state index in [1.807, 2.05) is 12.1 Å². The Morgan fingerprint density at radius 2 is 1.19 bits per heavy atom. The Kier molecular flexibility index (Phi) is 13.5. The zero-order valence-corrected chi connectivity index (χ0v) is 18.1. The van der Waals surface area contributed by atoms with Gasteiger partial charge < -0.3 is 10.2 Å². The molecule has 0 aliphatic carbocycles. The normalized spacial score (nSPS) is 10.8. The van der Waals surface area contributed by atoms with Crippen molar-refractivity contribution in [1.82, 2.24) is 0 Å². The Hall–Kier alpha value is -1.51. The number of nitrogens with one attached hydrogen (secondary N) is 1. The molecule has 1 aromatic carbocycles. The fourth-order valence-electron chi connectivity index (χ4n) is 3.49. The molecule has 3 heteroatoms. The number of unbranched alkanes of at least 4 members (excludes halogenated alkanes) is 10. The number of hydrogen-bond donors (Lipinski definition) is 1. The van der Waals surface area contributed by atoms with Gasteiger partial charge in [0, 0.05) is 31.4 Å². The van der Waals surface area contributed by atoms with Crippen molar-refractivity contribution in [2.45, 2.75) is 97.8 Å². The molecule has 0 aliphatic rings. The molecule has 0 spiro atoms. The van der Waals surface area contributed by atoms with Crippen molar-refractivity contribution < 1.29 is 4.79 Å². The van der Waals surface area contributed by atoms with Crippen LogP contribution < -0.4 is 10.2 Å². The molecule has 0 fully saturated rings. The summed E-state index contributed by atoms with van der Waals surface area (Å²) in [5.41, 5.74) is 2.16. The van der Waals surface area contributed by atoms with Crippen LogP contribution in [-0.2, 0) is 4.79 Å². The molecule has 0 bridgehead atoms. The monoisotopic (exact) mass is 374 g/mol. The highest BCUT2D eigenvalue weighted by Gasteiger charge is 2.07. The lowest BCUT2D eigenvalue weighted by atomic mass is 10.1. The maximum absolute atomic E-state index is 11.2. The Balaban J connectivity index is 2.48. The Morgan fingerprint density at radius 1 is 0.741 bits per heavy atom. The summed E-state index contributed by atoms with van der Waals surface area (Å²) >= 11 is 0. The highest BCUT2D eigenvalue weighted by atomic mass is 16.1. The van der Waals surface area contributed by atoms with E-state index in [1.54, 1.807) is 6.92 Å². The molecular formula is C24H42N2O. The molecule has 1 rings (SSSR count). The van der Waals surface area contributed by atoms with Crippen molar-refractivity contribution in [1.29, 1.82) is 0 Å². The van der Waals surface area contributed by atoms with E-state index in [9.17, 15) is 4.79 Å². The molecule has 0 unspecified atom stereocenters. The van der Waals surface area contributed by atoms with Crippen LogP contribution in [0.4, 0.5) is 11.4 Å². The molecule has 27 heavy (non-hydrogen) atoms. The number of rotatable bonds is 16. The van der Waals surface area contributed by atoms with E-state index in [1.165, 1.54) is 82.7 Å². The second-order valence-corrected chi connectivity index (χ2v) is 7.75. The second kappa shape index (κ2) is 15.5. The van der Waals surface area contributed by atoms with Gasteiger partial charge in [0.05, 0.1) is 0 Å². The van der Waals surface area contributed by atoms with Gasteiger partial charge in [0.2, 0.25) is 5.91 Å². The van der Waals surface area contributed by atoms with Crippen molar-refractivity contribution in [2.75, 3.05) is 23.3 Å². The van der Waals surface area contributed by atoms with Crippen LogP contribution in [0.15, 0.2) is 24.3 Å². The highest BCUT2D eigenvalue weighted by molar-refractivity contribution is 5.88. The van der Waals surface area contributed by atoms with E-state index in [4.69, 9.17) is 0 Å². The molecule has 1 aromatic rings. The predicted octanol–water partition coefficient (Wildman–Crippen LogP) is 7.17. The summed E-state index contributed by atoms with van der Waals surface area (Å²) in [5, 5.41) is 2.86. The van der Waals surface area contributed by atoms with E-state index >= 15 is 0 Å². The summed E-state index contributed by atoms with van der Waals surface area (Å²) in [7, 11) is 0. The van der Waals surface area contributed by atoms with Crippen LogP contribution in [0.3, 0.4) is 0 Å². The Morgan fingerprint density at radius 3 is 1.63 bits per heavy atom. The molecule has 0 saturated heterocycles. The van der Waals surface area contributed by atoms with Gasteiger partial charge in [-0.15, -0.1) is 0 Å². The number of hydrogen-bond acceptors (Lipinski definition) is 2. The third kappa shape index (κ3) is 11.7. The molecule has 1 N–H and O–H groups in total. The van der Waals surface area contributed by atoms with E-state index in [0.29, 0.717) is 0 Å². The number of amides is 1. The maximum atomic E-state index is 11.2. The lowest BCUT2D eigenvalue weighted by Crippen LogP contribution is -2.25. The first-order valence-electron chi connectivity index (χ1n) is 11.3. The zero-order chi connectivity index (χ0) is 19.7. The topological polar surface area (TPSA) is 32.3 Å². The predicted molar refractivity (Wildman–Crippen MR) is 120 cm³/mol. The fraction of sp³-hybridized carbons (Fsp3) is 0.708. The summed E-state index contributed by atoms with van der Waals surface area (Å²) in [6, 6.07) is 8.34. The molecule has 3 nitrogen and oxygen atoms in total. The fourth-order valence-corrected chi connectivity index (χ4v) is 3.49. The van der Waals surface area contributed by atoms with Gasteiger partial charge in [0.15, 0.2) is 0 Å². The SMILES string of the molecule is CCCCCCCCN(CCCCCCCC)c1ccc(NC(C)=O)cc1. The summed E-state index contributed by atoms with van der Waals surface area (Å²) in [6.07, 6.45) is 16.0. The van der Waals surface area contributed by atoms with Gasteiger partial charge in [-0.2, -0.15) is 0 Å². The molecular weight excluding hydrogens is 332 g/mol. The van der Waals surface area contributed by atoms with Gasteiger partial charge in [-0.05, 0) is 37.1 Å². The van der Waals surface area contributed by atoms with Crippen molar-refractivity contribution in [3.8, 4) is 0 Å². The van der Waals surface area contributed by atoms with Crippen molar-refractivity contribution in [2.24, 2.45) is 0 Å². The quantitative estimate of drug-likeness (QED) is 0.311. The summed E-state index contributed by atoms with van der Waals surface area (Å²) in [6.45, 7) is 8.37. The minimum Gasteiger partial charge on any atom is -0.372 e. The van der Waals surface area contributed by atoms with Gasteiger partial charge in [0.1, 0.15) is 0 Å². The Bertz CT molecular complexity index is 468. The van der Waals surface area contributed by atoms with E-state index in [-0.39, 0.29) is 5.91 Å². The van der Waals surface area contributed by atoms with Crippen molar-refractivity contribution in [3.05, 3.63) is 24.3 Å². The lowest BCUT2D eigenvalue weighted by molar-refractivity contribution is -0.114. The van der Waals surface area contributed by atoms with Crippen LogP contribution in [0.5, 0.6) is 0 Å². The summed E-state index contributed by atoms with van der Waals surface area (Å²) in [5.74, 6) is -0.0150. The van der Waals surface area contributed by atoms with Crippen LogP contribution in [0.1, 0.15) is 97.8 Å². The lowest BCUT2D eigenvalue weighted by Gasteiger charge is -2.25. The smallest absolute Gasteiger partial charge is 0.221 e. The largest absolute Gasteiger partial charge is 0.372 e. The van der Waals surface area contributed by atoms with Crippen LogP contribution in [0.25, 0.3) is 0 Å². The Labute approximate surface area is 167 Å². The van der Waals surface area contributed by atoms with E-state index in [2.05, 4.69) is 36.2 Å². The highest BCUT2D eigenvalue weighted by Crippen LogP contribution is 2.20. The van der Waals surface area contributed by atoms with Crippen LogP contribution in [0.2, 0.25) is 0 Å². The molecule has 0 heterocycles. The van der Waals surface area contributed by atoms with Gasteiger partial charge in [0.25, 0.3) is 0 Å². The minimum absolute atomic E-state index is 0.0150. The maximum Gasteiger partial charge on any atom is 0.221 e. The average Bonchev–Trinajstić information content (AvgIpc) is 2.66. The third-order valence-corrected chi connectivity index (χ3v) is 5.12. The first kappa shape index (κ1) is 23.5. The van der Waals surface area contributed by atoms with Gasteiger partial charge in [-0.1, -0.05) is 78.1 Å². The van der Waals surface area contributed by atoms with Crippen LogP contribution >= 0.6 is 0 Å². The van der Waals surface area contributed by atoms with E-state index < -0.39 is 0 Å². The number of carbonyl (C=O) groups is 1. The number of benzene rings is 1. The van der Waals surface area contributed by atoms with Gasteiger partial charge >= 0.3 is 0 Å². The second-order valence-electron chi connectivity index (χ2n) is 7.75. The van der Waals surface area contributed by atoms with Gasteiger partial charge in [-0.3, -0.25) is 4.79 Å². The van der Waals surface area contributed by atoms with Crippen molar-refractivity contribution >= 4 is 17.3 Å². The zero-order valence-electron chi connectivity index (χ0n) is 18.1. The molecule has 0 saturated carbocycles. The third-order valence-electron chi connectivity index (χ3n) is 5.12. The molecule has 154 valence electrons. The number of carbonyl (C=O) groups excluding carboxylic acids is 1. The minimum atomic E-state index is -0.0150. The number of anilines is 2. The van der Waals surface area contributed by atoms with Crippen molar-refractivity contribution in [3.63, 3.8) is 0 Å². The summed E-state index contributed by atoms with van der Waals surface area (Å²) < 4.78 is 0. The molecule has 0 aromatic heterocycles.